The molecule has 1 saturated heterocycles. The van der Waals surface area contributed by atoms with Crippen molar-refractivity contribution in [2.45, 2.75) is 101 Å². The van der Waals surface area contributed by atoms with Crippen molar-refractivity contribution < 1.29 is 47.8 Å². The molecule has 50 heavy (non-hydrogen) atoms. The van der Waals surface area contributed by atoms with E-state index < -0.39 is 17.4 Å². The highest BCUT2D eigenvalue weighted by molar-refractivity contribution is 5.70. The van der Waals surface area contributed by atoms with Gasteiger partial charge >= 0.3 is 6.16 Å². The molecule has 8 rings (SSSR count). The van der Waals surface area contributed by atoms with E-state index in [1.807, 2.05) is 13.0 Å². The maximum atomic E-state index is 13.0. The minimum absolute atomic E-state index is 0.0601. The summed E-state index contributed by atoms with van der Waals surface area (Å²) in [4.78, 5) is 15.8. The van der Waals surface area contributed by atoms with Crippen molar-refractivity contribution >= 4 is 6.16 Å². The number of carbonyl (C=O) groups excluding carboxylic acids is 1. The predicted molar refractivity (Wildman–Crippen MR) is 185 cm³/mol. The zero-order valence-electron chi connectivity index (χ0n) is 31.1. The van der Waals surface area contributed by atoms with E-state index in [9.17, 15) is 9.90 Å². The number of methoxy groups -OCH3 is 2. The number of hydrogen-bond acceptors (Lipinski definition) is 11. The molecule has 1 aromatic rings. The molecule has 0 amide bonds. The molecule has 2 heterocycles. The molecule has 4 bridgehead atoms. The fourth-order valence-corrected chi connectivity index (χ4v) is 10.6. The van der Waals surface area contributed by atoms with Gasteiger partial charge in [0.05, 0.1) is 51.8 Å². The third kappa shape index (κ3) is 5.78. The lowest BCUT2D eigenvalue weighted by atomic mass is 9.33. The Kier molecular flexibility index (Phi) is 10.0. The molecule has 4 saturated carbocycles. The van der Waals surface area contributed by atoms with Crippen LogP contribution >= 0.6 is 0 Å². The molecule has 0 radical (unpaired) electrons. The number of hydrogen-bond donors (Lipinski definition) is 1. The molecule has 5 fully saturated rings. The Bertz CT molecular complexity index is 1390. The van der Waals surface area contributed by atoms with Crippen LogP contribution in [0.25, 0.3) is 0 Å². The van der Waals surface area contributed by atoms with Crippen LogP contribution in [-0.4, -0.2) is 120 Å². The molecule has 1 unspecified atom stereocenters. The van der Waals surface area contributed by atoms with Crippen LogP contribution in [0.2, 0.25) is 0 Å². The van der Waals surface area contributed by atoms with E-state index in [1.54, 1.807) is 14.2 Å². The van der Waals surface area contributed by atoms with Crippen LogP contribution in [0, 0.1) is 22.7 Å². The largest absolute Gasteiger partial charge is 0.514 e. The second kappa shape index (κ2) is 13.8. The van der Waals surface area contributed by atoms with Crippen LogP contribution in [0.3, 0.4) is 0 Å². The first kappa shape index (κ1) is 36.4. The van der Waals surface area contributed by atoms with Crippen LogP contribution in [-0.2, 0) is 40.3 Å². The molecule has 7 aliphatic rings. The van der Waals surface area contributed by atoms with Gasteiger partial charge in [0.25, 0.3) is 0 Å². The Labute approximate surface area is 297 Å². The Morgan fingerprint density at radius 2 is 1.62 bits per heavy atom. The molecule has 11 nitrogen and oxygen atoms in total. The lowest BCUT2D eigenvalue weighted by molar-refractivity contribution is -0.312. The van der Waals surface area contributed by atoms with Gasteiger partial charge in [-0.25, -0.2) is 4.79 Å². The first-order valence-electron chi connectivity index (χ1n) is 18.9. The summed E-state index contributed by atoms with van der Waals surface area (Å²) in [5, 5.41) is 12.5. The number of aliphatic hydroxyl groups is 1. The smallest absolute Gasteiger partial charge is 0.482 e. The number of rotatable bonds is 17. The van der Waals surface area contributed by atoms with Crippen LogP contribution in [0.5, 0.6) is 11.5 Å². The van der Waals surface area contributed by atoms with E-state index in [0.29, 0.717) is 57.2 Å². The summed E-state index contributed by atoms with van der Waals surface area (Å²) in [6, 6.07) is 4.39. The number of fused-ring (bicyclic) bond motifs is 2. The molecule has 2 aliphatic heterocycles. The molecule has 1 aromatic carbocycles. The van der Waals surface area contributed by atoms with Gasteiger partial charge in [0.15, 0.2) is 11.5 Å². The molecule has 7 atom stereocenters. The van der Waals surface area contributed by atoms with Gasteiger partial charge in [-0.15, -0.1) is 0 Å². The topological polar surface area (TPSA) is 114 Å². The molecule has 1 N–H and O–H groups in total. The summed E-state index contributed by atoms with van der Waals surface area (Å²) in [5.41, 5.74) is 0.0705. The Balaban J connectivity index is 1.08. The Morgan fingerprint density at radius 3 is 2.26 bits per heavy atom. The van der Waals surface area contributed by atoms with Gasteiger partial charge < -0.3 is 43.0 Å². The quantitative estimate of drug-likeness (QED) is 0.136. The van der Waals surface area contributed by atoms with E-state index in [4.69, 9.17) is 37.9 Å². The van der Waals surface area contributed by atoms with Crippen molar-refractivity contribution in [2.24, 2.45) is 22.7 Å². The van der Waals surface area contributed by atoms with E-state index in [0.717, 1.165) is 51.1 Å². The summed E-state index contributed by atoms with van der Waals surface area (Å²) in [5.74, 6) is 1.71. The minimum Gasteiger partial charge on any atom is -0.482 e. The number of carbonyl (C=O) groups is 1. The van der Waals surface area contributed by atoms with Gasteiger partial charge in [0.2, 0.25) is 0 Å². The highest BCUT2D eigenvalue weighted by Crippen LogP contribution is 2.78. The normalized spacial score (nSPS) is 33.5. The number of nitrogens with zero attached hydrogens (tertiary/aromatic N) is 1. The average molecular weight is 702 g/mol. The molecular weight excluding hydrogens is 642 g/mol. The van der Waals surface area contributed by atoms with Gasteiger partial charge in [0.1, 0.15) is 18.3 Å². The van der Waals surface area contributed by atoms with Gasteiger partial charge in [-0.3, -0.25) is 4.90 Å². The van der Waals surface area contributed by atoms with Crippen molar-refractivity contribution in [1.29, 1.82) is 0 Å². The average Bonchev–Trinajstić information content (AvgIpc) is 3.83. The number of ether oxygens (including phenoxy) is 8. The third-order valence-electron chi connectivity index (χ3n) is 13.7. The summed E-state index contributed by atoms with van der Waals surface area (Å²) < 4.78 is 46.6. The van der Waals surface area contributed by atoms with E-state index in [1.165, 1.54) is 24.0 Å². The second-order valence-electron chi connectivity index (χ2n) is 16.8. The maximum absolute atomic E-state index is 13.0. The minimum atomic E-state index is -0.998. The van der Waals surface area contributed by atoms with E-state index in [-0.39, 0.29) is 41.5 Å². The summed E-state index contributed by atoms with van der Waals surface area (Å²) in [7, 11) is 3.44. The van der Waals surface area contributed by atoms with Crippen LogP contribution < -0.4 is 9.47 Å². The van der Waals surface area contributed by atoms with Crippen molar-refractivity contribution in [3.05, 3.63) is 23.3 Å². The fourth-order valence-electron chi connectivity index (χ4n) is 10.6. The SMILES string of the molecule is COCCOCCOCCOCCOC(=O)Oc1ccc2c3c1O[C@H]1C4(OC)CC[C@@]5(C[C@@H]4[C@](C)(O)C(C)(C)C)[C@@H](C2)N(CC2CC2)CC[C@]315. The van der Waals surface area contributed by atoms with Gasteiger partial charge in [0, 0.05) is 49.1 Å². The molecule has 5 aliphatic carbocycles. The lowest BCUT2D eigenvalue weighted by Gasteiger charge is -2.75. The zero-order valence-corrected chi connectivity index (χ0v) is 31.1. The first-order chi connectivity index (χ1) is 23.9. The predicted octanol–water partition coefficient (Wildman–Crippen LogP) is 4.92. The second-order valence-corrected chi connectivity index (χ2v) is 16.8. The molecule has 2 spiro atoms. The summed E-state index contributed by atoms with van der Waals surface area (Å²) in [6.07, 6.45) is 6.21. The summed E-state index contributed by atoms with van der Waals surface area (Å²) >= 11 is 0. The molecule has 280 valence electrons. The van der Waals surface area contributed by atoms with E-state index >= 15 is 0 Å². The fraction of sp³-hybridized carbons (Fsp3) is 0.821. The highest BCUT2D eigenvalue weighted by Gasteiger charge is 2.82. The van der Waals surface area contributed by atoms with Gasteiger partial charge in [-0.05, 0) is 81.4 Å². The summed E-state index contributed by atoms with van der Waals surface area (Å²) in [6.45, 7) is 13.8. The monoisotopic (exact) mass is 701 g/mol. The number of piperidine rings is 1. The van der Waals surface area contributed by atoms with Crippen molar-refractivity contribution in [3.8, 4) is 11.5 Å². The van der Waals surface area contributed by atoms with Crippen molar-refractivity contribution in [1.82, 2.24) is 4.90 Å². The molecular formula is C39H59NO10. The highest BCUT2D eigenvalue weighted by atomic mass is 16.7. The zero-order chi connectivity index (χ0) is 35.4. The standard InChI is InChI=1S/C39H59NO10/c1-35(2,3)36(4,42)29-24-37-11-12-39(29,44-6)33-38(37)13-14-40(25-26-7-8-26)30(37)23-27-9-10-28(32(50-33)31(27)38)49-34(41)48-22-21-47-20-19-46-18-17-45-16-15-43-5/h9-10,26,29-30,33,42H,7-8,11-25H2,1-6H3/t29-,30-,33-,36+,37-,38+,39?/m1/s1. The number of likely N-dealkylation sites (tertiary alicyclic amines) is 1. The van der Waals surface area contributed by atoms with Gasteiger partial charge in [-0.2, -0.15) is 0 Å². The maximum Gasteiger partial charge on any atom is 0.514 e. The first-order valence-corrected chi connectivity index (χ1v) is 18.9. The van der Waals surface area contributed by atoms with Crippen molar-refractivity contribution in [3.63, 3.8) is 0 Å². The molecule has 0 aromatic heterocycles. The van der Waals surface area contributed by atoms with E-state index in [2.05, 4.69) is 31.7 Å². The van der Waals surface area contributed by atoms with Crippen LogP contribution in [0.15, 0.2) is 12.1 Å². The van der Waals surface area contributed by atoms with Crippen LogP contribution in [0.1, 0.15) is 77.3 Å². The lowest BCUT2D eigenvalue weighted by Crippen LogP contribution is -2.83. The third-order valence-corrected chi connectivity index (χ3v) is 13.7. The van der Waals surface area contributed by atoms with Gasteiger partial charge in [-0.1, -0.05) is 26.8 Å². The number of benzene rings is 1. The van der Waals surface area contributed by atoms with Crippen LogP contribution in [0.4, 0.5) is 4.79 Å². The van der Waals surface area contributed by atoms with Crippen molar-refractivity contribution in [2.75, 3.05) is 80.2 Å². The molecule has 11 heteroatoms. The Morgan fingerprint density at radius 1 is 0.940 bits per heavy atom. The Hall–Kier alpha value is -1.99.